The van der Waals surface area contributed by atoms with Crippen molar-refractivity contribution in [1.82, 2.24) is 14.9 Å². The highest BCUT2D eigenvalue weighted by molar-refractivity contribution is 5.97. The molecule has 0 aliphatic carbocycles. The minimum atomic E-state index is -0.477. The number of hydrogen-bond acceptors (Lipinski definition) is 4. The molecule has 4 rings (SSSR count). The van der Waals surface area contributed by atoms with Gasteiger partial charge in [-0.05, 0) is 43.0 Å². The highest BCUT2D eigenvalue weighted by atomic mass is 16.5. The Morgan fingerprint density at radius 1 is 1.17 bits per heavy atom. The molecule has 1 amide bonds. The lowest BCUT2D eigenvalue weighted by Crippen LogP contribution is -2.36. The molecule has 1 aliphatic heterocycles. The second-order valence-electron chi connectivity index (χ2n) is 7.23. The Morgan fingerprint density at radius 2 is 2.00 bits per heavy atom. The summed E-state index contributed by atoms with van der Waals surface area (Å²) in [6.07, 6.45) is 2.58. The number of ether oxygens (including phenoxy) is 1. The predicted octanol–water partition coefficient (Wildman–Crippen LogP) is 1.84. The number of nitrogens with one attached hydrogen (secondary N) is 2. The van der Waals surface area contributed by atoms with Crippen molar-refractivity contribution in [3.05, 3.63) is 80.5 Å². The van der Waals surface area contributed by atoms with Gasteiger partial charge < -0.3 is 15.0 Å². The molecule has 1 fully saturated rings. The molecule has 0 spiro atoms. The molecule has 2 aromatic carbocycles. The lowest BCUT2D eigenvalue weighted by molar-refractivity contribution is 0.0858. The number of aromatic nitrogens is 2. The number of amides is 1. The van der Waals surface area contributed by atoms with E-state index >= 15 is 0 Å². The zero-order valence-corrected chi connectivity index (χ0v) is 16.0. The number of nitrogens with zero attached hydrogens (tertiary/aromatic N) is 1. The lowest BCUT2D eigenvalue weighted by Gasteiger charge is -2.11. The number of carbonyl (C=O) groups excluding carboxylic acids is 1. The van der Waals surface area contributed by atoms with E-state index < -0.39 is 5.69 Å². The second kappa shape index (κ2) is 8.45. The molecule has 0 bridgehead atoms. The van der Waals surface area contributed by atoms with Crippen LogP contribution >= 0.6 is 0 Å². The summed E-state index contributed by atoms with van der Waals surface area (Å²) in [6.45, 7) is 1.47. The van der Waals surface area contributed by atoms with Crippen LogP contribution in [0.1, 0.15) is 28.8 Å². The van der Waals surface area contributed by atoms with Crippen LogP contribution in [0.3, 0.4) is 0 Å². The van der Waals surface area contributed by atoms with Gasteiger partial charge in [0.25, 0.3) is 11.5 Å². The SMILES string of the molecule is O=C(NC[C@H]1CCCO1)c1ccc2c(=O)n(CCc3ccccc3)c(=O)[nH]c2c1. The van der Waals surface area contributed by atoms with Crippen LogP contribution in [-0.4, -0.2) is 34.7 Å². The fourth-order valence-electron chi connectivity index (χ4n) is 3.60. The van der Waals surface area contributed by atoms with Gasteiger partial charge in [-0.3, -0.25) is 14.2 Å². The lowest BCUT2D eigenvalue weighted by atomic mass is 10.1. The molecule has 3 aromatic rings. The second-order valence-corrected chi connectivity index (χ2v) is 7.23. The van der Waals surface area contributed by atoms with E-state index in [0.717, 1.165) is 25.0 Å². The average Bonchev–Trinajstić information content (AvgIpc) is 3.26. The minimum absolute atomic E-state index is 0.0519. The topological polar surface area (TPSA) is 93.2 Å². The third kappa shape index (κ3) is 4.30. The quantitative estimate of drug-likeness (QED) is 0.668. The summed E-state index contributed by atoms with van der Waals surface area (Å²) >= 11 is 0. The van der Waals surface area contributed by atoms with Crippen molar-refractivity contribution in [3.8, 4) is 0 Å². The maximum absolute atomic E-state index is 12.8. The molecule has 2 N–H and O–H groups in total. The molecule has 1 aromatic heterocycles. The Hall–Kier alpha value is -3.19. The Kier molecular flexibility index (Phi) is 5.57. The number of rotatable bonds is 6. The number of aryl methyl sites for hydroxylation is 1. The van der Waals surface area contributed by atoms with E-state index in [-0.39, 0.29) is 24.1 Å². The van der Waals surface area contributed by atoms with Crippen molar-refractivity contribution in [1.29, 1.82) is 0 Å². The van der Waals surface area contributed by atoms with E-state index in [1.165, 1.54) is 4.57 Å². The third-order valence-corrected chi connectivity index (χ3v) is 5.23. The summed E-state index contributed by atoms with van der Waals surface area (Å²) < 4.78 is 6.70. The fourth-order valence-corrected chi connectivity index (χ4v) is 3.60. The van der Waals surface area contributed by atoms with Crippen LogP contribution in [0.2, 0.25) is 0 Å². The minimum Gasteiger partial charge on any atom is -0.376 e. The summed E-state index contributed by atoms with van der Waals surface area (Å²) in [5.74, 6) is -0.253. The van der Waals surface area contributed by atoms with Gasteiger partial charge in [-0.1, -0.05) is 30.3 Å². The van der Waals surface area contributed by atoms with Gasteiger partial charge in [0, 0.05) is 25.3 Å². The van der Waals surface area contributed by atoms with Crippen molar-refractivity contribution in [2.24, 2.45) is 0 Å². The van der Waals surface area contributed by atoms with Gasteiger partial charge in [-0.2, -0.15) is 0 Å². The third-order valence-electron chi connectivity index (χ3n) is 5.23. The van der Waals surface area contributed by atoms with Crippen LogP contribution in [0.15, 0.2) is 58.1 Å². The molecule has 1 atom stereocenters. The van der Waals surface area contributed by atoms with Gasteiger partial charge in [0.1, 0.15) is 0 Å². The maximum Gasteiger partial charge on any atom is 0.328 e. The van der Waals surface area contributed by atoms with E-state index in [1.807, 2.05) is 30.3 Å². The number of aromatic amines is 1. The first kappa shape index (κ1) is 19.1. The molecule has 0 radical (unpaired) electrons. The van der Waals surface area contributed by atoms with Crippen molar-refractivity contribution in [3.63, 3.8) is 0 Å². The first-order chi connectivity index (χ1) is 14.1. The molecule has 7 heteroatoms. The van der Waals surface area contributed by atoms with Gasteiger partial charge in [-0.15, -0.1) is 0 Å². The zero-order valence-electron chi connectivity index (χ0n) is 16.0. The summed E-state index contributed by atoms with van der Waals surface area (Å²) in [5.41, 5.74) is 0.979. The summed E-state index contributed by atoms with van der Waals surface area (Å²) in [5, 5.41) is 3.23. The van der Waals surface area contributed by atoms with Gasteiger partial charge in [0.15, 0.2) is 0 Å². The van der Waals surface area contributed by atoms with Crippen molar-refractivity contribution in [2.45, 2.75) is 31.9 Å². The number of carbonyl (C=O) groups is 1. The van der Waals surface area contributed by atoms with Gasteiger partial charge in [0.2, 0.25) is 0 Å². The van der Waals surface area contributed by atoms with Crippen LogP contribution in [-0.2, 0) is 17.7 Å². The number of fused-ring (bicyclic) bond motifs is 1. The Bertz CT molecular complexity index is 1130. The van der Waals surface area contributed by atoms with E-state index in [0.29, 0.717) is 29.4 Å². The Balaban J connectivity index is 1.54. The van der Waals surface area contributed by atoms with Crippen LogP contribution in [0.4, 0.5) is 0 Å². The van der Waals surface area contributed by atoms with Gasteiger partial charge in [0.05, 0.1) is 17.0 Å². The number of H-pyrrole nitrogens is 1. The molecule has 1 aliphatic rings. The van der Waals surface area contributed by atoms with Crippen LogP contribution in [0.5, 0.6) is 0 Å². The standard InChI is InChI=1S/C22H23N3O4/c26-20(23-14-17-7-4-12-29-17)16-8-9-18-19(13-16)24-22(28)25(21(18)27)11-10-15-5-2-1-3-6-15/h1-3,5-6,8-9,13,17H,4,7,10-12,14H2,(H,23,26)(H,24,28)/t17-/m1/s1. The molecule has 2 heterocycles. The van der Waals surface area contributed by atoms with Crippen molar-refractivity contribution >= 4 is 16.8 Å². The largest absolute Gasteiger partial charge is 0.376 e. The van der Waals surface area contributed by atoms with Gasteiger partial charge in [-0.25, -0.2) is 4.79 Å². The zero-order chi connectivity index (χ0) is 20.2. The van der Waals surface area contributed by atoms with Crippen molar-refractivity contribution in [2.75, 3.05) is 13.2 Å². The highest BCUT2D eigenvalue weighted by Crippen LogP contribution is 2.12. The maximum atomic E-state index is 12.8. The first-order valence-corrected chi connectivity index (χ1v) is 9.82. The molecule has 150 valence electrons. The molecule has 1 saturated heterocycles. The molecule has 0 saturated carbocycles. The van der Waals surface area contributed by atoms with E-state index in [4.69, 9.17) is 4.74 Å². The average molecular weight is 393 g/mol. The molecule has 0 unspecified atom stereocenters. The molecule has 29 heavy (non-hydrogen) atoms. The number of benzene rings is 2. The summed E-state index contributed by atoms with van der Waals surface area (Å²) in [6, 6.07) is 14.4. The predicted molar refractivity (Wildman–Crippen MR) is 110 cm³/mol. The van der Waals surface area contributed by atoms with Crippen LogP contribution in [0.25, 0.3) is 10.9 Å². The number of hydrogen-bond donors (Lipinski definition) is 2. The van der Waals surface area contributed by atoms with E-state index in [2.05, 4.69) is 10.3 Å². The van der Waals surface area contributed by atoms with Crippen LogP contribution < -0.4 is 16.6 Å². The monoisotopic (exact) mass is 393 g/mol. The van der Waals surface area contributed by atoms with E-state index in [9.17, 15) is 14.4 Å². The smallest absolute Gasteiger partial charge is 0.328 e. The van der Waals surface area contributed by atoms with Crippen molar-refractivity contribution < 1.29 is 9.53 Å². The summed E-state index contributed by atoms with van der Waals surface area (Å²) in [4.78, 5) is 40.4. The Labute approximate surface area is 167 Å². The molecule has 7 nitrogen and oxygen atoms in total. The Morgan fingerprint density at radius 3 is 2.76 bits per heavy atom. The first-order valence-electron chi connectivity index (χ1n) is 9.82. The van der Waals surface area contributed by atoms with Crippen LogP contribution in [0, 0.1) is 0 Å². The van der Waals surface area contributed by atoms with E-state index in [1.54, 1.807) is 18.2 Å². The molecular weight excluding hydrogens is 370 g/mol. The molecular formula is C22H23N3O4. The summed E-state index contributed by atoms with van der Waals surface area (Å²) in [7, 11) is 0. The fraction of sp³-hybridized carbons (Fsp3) is 0.318. The van der Waals surface area contributed by atoms with Gasteiger partial charge >= 0.3 is 5.69 Å². The highest BCUT2D eigenvalue weighted by Gasteiger charge is 2.17. The normalized spacial score (nSPS) is 16.2.